The molecule has 0 aliphatic heterocycles. The summed E-state index contributed by atoms with van der Waals surface area (Å²) in [6, 6.07) is -1.68. The van der Waals surface area contributed by atoms with Gasteiger partial charge in [0.05, 0.1) is 25.2 Å². The molecule has 0 radical (unpaired) electrons. The number of hydrogen-bond donors (Lipinski definition) is 1. The average Bonchev–Trinajstić information content (AvgIpc) is 3.11. The third-order valence-corrected chi connectivity index (χ3v) is 12.4. The van der Waals surface area contributed by atoms with Crippen molar-refractivity contribution >= 4 is 25.7 Å². The molecule has 0 fully saturated rings. The molecule has 0 aliphatic rings. The van der Waals surface area contributed by atoms with Gasteiger partial charge in [0.2, 0.25) is 0 Å². The molecule has 0 heterocycles. The van der Waals surface area contributed by atoms with Gasteiger partial charge in [-0.15, -0.1) is 0 Å². The second kappa shape index (κ2) is 38.7. The molecule has 0 aromatic carbocycles. The summed E-state index contributed by atoms with van der Waals surface area (Å²) in [5.41, 5.74) is 5.28. The number of rotatable bonds is 38. The zero-order valence-electron chi connectivity index (χ0n) is 40.6. The van der Waals surface area contributed by atoms with Crippen molar-refractivity contribution in [1.29, 1.82) is 0 Å². The van der Waals surface area contributed by atoms with Gasteiger partial charge in [-0.05, 0) is 47.3 Å². The van der Waals surface area contributed by atoms with E-state index < -0.39 is 57.7 Å². The molecule has 11 nitrogen and oxygen atoms in total. The van der Waals surface area contributed by atoms with Crippen molar-refractivity contribution in [3.63, 3.8) is 0 Å². The number of phosphoric ester groups is 1. The van der Waals surface area contributed by atoms with Crippen LogP contribution in [0.4, 0.5) is 0 Å². The monoisotopic (exact) mass is 892 g/mol. The van der Waals surface area contributed by atoms with Gasteiger partial charge in [0.25, 0.3) is 7.82 Å². The van der Waals surface area contributed by atoms with Crippen LogP contribution in [-0.2, 0) is 37.5 Å². The molecule has 0 rings (SSSR count). The van der Waals surface area contributed by atoms with Crippen LogP contribution in [0, 0.1) is 47.3 Å². The summed E-state index contributed by atoms with van der Waals surface area (Å²) in [6.07, 6.45) is 20.3. The molecule has 0 aromatic rings. The standard InChI is InChI=1S/C46H90NO10P.2Na/c1-34(2)17-11-19-36(5)21-13-23-38(7)25-15-27-40(9)29-44(48)54-31-42(32-55-58(52,53)56-33-43(47)46(50)51)57-45(49)30-41(10)28-16-26-39(8)24-14-22-37(6)20-12-18-35(3)4;;/h34-43H,11-33,47H2,1-10H3,(H,50,51)(H,52,53);;/q;2*+1/p-2/t36?,37?,38?,39?,40?,41?,42-,43+;;/m1../s1. The molecule has 0 amide bonds. The molecule has 2 N–H and O–H groups in total. The van der Waals surface area contributed by atoms with E-state index in [1.807, 2.05) is 13.8 Å². The van der Waals surface area contributed by atoms with E-state index in [1.165, 1.54) is 77.0 Å². The number of nitrogens with two attached hydrogens (primary N) is 1. The second-order valence-electron chi connectivity index (χ2n) is 19.2. The second-order valence-corrected chi connectivity index (χ2v) is 20.6. The van der Waals surface area contributed by atoms with E-state index in [1.54, 1.807) is 0 Å². The largest absolute Gasteiger partial charge is 1.00 e. The van der Waals surface area contributed by atoms with Crippen LogP contribution < -0.4 is 74.8 Å². The zero-order chi connectivity index (χ0) is 44.1. The molecule has 14 heteroatoms. The fourth-order valence-corrected chi connectivity index (χ4v) is 8.17. The van der Waals surface area contributed by atoms with Crippen LogP contribution in [0.15, 0.2) is 0 Å². The molecule has 0 spiro atoms. The maximum absolute atomic E-state index is 13.0. The molecule has 0 saturated heterocycles. The zero-order valence-corrected chi connectivity index (χ0v) is 45.5. The number of ether oxygens (including phenoxy) is 2. The predicted octanol–water partition coefficient (Wildman–Crippen LogP) is 3.96. The summed E-state index contributed by atoms with van der Waals surface area (Å²) >= 11 is 0. The molecule has 344 valence electrons. The van der Waals surface area contributed by atoms with Gasteiger partial charge < -0.3 is 39.0 Å². The first-order chi connectivity index (χ1) is 27.2. The van der Waals surface area contributed by atoms with Crippen molar-refractivity contribution in [2.45, 2.75) is 210 Å². The van der Waals surface area contributed by atoms with E-state index in [4.69, 9.17) is 19.7 Å². The summed E-state index contributed by atoms with van der Waals surface area (Å²) in [4.78, 5) is 48.9. The molecule has 0 aliphatic carbocycles. The Labute approximate surface area is 411 Å². The van der Waals surface area contributed by atoms with Gasteiger partial charge in [-0.25, -0.2) is 0 Å². The average molecular weight is 892 g/mol. The number of carboxylic acids is 1. The first-order valence-corrected chi connectivity index (χ1v) is 24.6. The molecule has 9 atom stereocenters. The number of aliphatic carboxylic acids is 1. The Bertz CT molecular complexity index is 1130. The van der Waals surface area contributed by atoms with Crippen molar-refractivity contribution in [2.24, 2.45) is 53.1 Å². The first-order valence-electron chi connectivity index (χ1n) is 23.1. The van der Waals surface area contributed by atoms with E-state index >= 15 is 0 Å². The molecular weight excluding hydrogens is 803 g/mol. The van der Waals surface area contributed by atoms with Crippen LogP contribution in [-0.4, -0.2) is 49.9 Å². The van der Waals surface area contributed by atoms with Crippen molar-refractivity contribution in [3.05, 3.63) is 0 Å². The Morgan fingerprint density at radius 2 is 0.817 bits per heavy atom. The van der Waals surface area contributed by atoms with Gasteiger partial charge in [0, 0.05) is 12.8 Å². The minimum absolute atomic E-state index is 0. The van der Waals surface area contributed by atoms with E-state index in [9.17, 15) is 28.9 Å². The predicted molar refractivity (Wildman–Crippen MR) is 230 cm³/mol. The quantitative estimate of drug-likeness (QED) is 0.0540. The third kappa shape index (κ3) is 40.0. The Balaban J connectivity index is -0.0000162. The number of carboxylic acid groups (broad SMARTS) is 1. The van der Waals surface area contributed by atoms with Crippen molar-refractivity contribution < 1.29 is 107 Å². The maximum Gasteiger partial charge on any atom is 1.00 e. The van der Waals surface area contributed by atoms with Crippen LogP contribution in [0.2, 0.25) is 0 Å². The van der Waals surface area contributed by atoms with Crippen molar-refractivity contribution in [3.8, 4) is 0 Å². The van der Waals surface area contributed by atoms with Gasteiger partial charge in [0.1, 0.15) is 6.61 Å². The minimum atomic E-state index is -5.02. The van der Waals surface area contributed by atoms with Crippen LogP contribution in [0.5, 0.6) is 0 Å². The van der Waals surface area contributed by atoms with E-state index in [-0.39, 0.29) is 83.8 Å². The third-order valence-electron chi connectivity index (χ3n) is 11.4. The Morgan fingerprint density at radius 3 is 1.17 bits per heavy atom. The molecular formula is C46H88NNa2O10P. The van der Waals surface area contributed by atoms with E-state index in [0.717, 1.165) is 62.2 Å². The van der Waals surface area contributed by atoms with Gasteiger partial charge in [-0.3, -0.25) is 14.2 Å². The van der Waals surface area contributed by atoms with Crippen molar-refractivity contribution in [2.75, 3.05) is 19.8 Å². The summed E-state index contributed by atoms with van der Waals surface area (Å²) in [7, 11) is -5.02. The molecule has 0 bridgehead atoms. The van der Waals surface area contributed by atoms with Gasteiger partial charge >= 0.3 is 71.1 Å². The Hall–Kier alpha value is 0.480. The maximum atomic E-state index is 13.0. The molecule has 0 aromatic heterocycles. The minimum Gasteiger partial charge on any atom is -0.756 e. The van der Waals surface area contributed by atoms with Crippen LogP contribution in [0.1, 0.15) is 198 Å². The number of hydrogen-bond acceptors (Lipinski definition) is 11. The summed E-state index contributed by atoms with van der Waals surface area (Å²) < 4.78 is 32.8. The van der Waals surface area contributed by atoms with E-state index in [2.05, 4.69) is 59.9 Å². The smallest absolute Gasteiger partial charge is 0.756 e. The molecule has 0 saturated carbocycles. The van der Waals surface area contributed by atoms with Gasteiger partial charge in [-0.1, -0.05) is 185 Å². The van der Waals surface area contributed by atoms with E-state index in [0.29, 0.717) is 11.8 Å². The van der Waals surface area contributed by atoms with Gasteiger partial charge in [0.15, 0.2) is 6.10 Å². The molecule has 7 unspecified atom stereocenters. The Kier molecular flexibility index (Phi) is 41.8. The topological polar surface area (TPSA) is 177 Å². The normalized spacial score (nSPS) is 16.6. The number of esters is 2. The van der Waals surface area contributed by atoms with Gasteiger partial charge in [-0.2, -0.15) is 0 Å². The Morgan fingerprint density at radius 1 is 0.500 bits per heavy atom. The summed E-state index contributed by atoms with van der Waals surface area (Å²) in [5.74, 6) is 1.74. The fraction of sp³-hybridized carbons (Fsp3) is 0.935. The number of phosphoric acid groups is 1. The molecule has 60 heavy (non-hydrogen) atoms. The SMILES string of the molecule is CC(C)CCCC(C)CCCC(C)CCCC(C)CC(=O)OC[C@H](COP(=O)([O-])OC[C@H](N)C(=O)[O-])OC(=O)CC(C)CCCC(C)CCCC(C)CCCC(C)C.[Na+].[Na+]. The van der Waals surface area contributed by atoms with Crippen LogP contribution in [0.3, 0.4) is 0 Å². The summed E-state index contributed by atoms with van der Waals surface area (Å²) in [5, 5.41) is 10.9. The fourth-order valence-electron chi connectivity index (χ4n) is 7.41. The number of carbonyl (C=O) groups is 3. The van der Waals surface area contributed by atoms with Crippen LogP contribution >= 0.6 is 7.82 Å². The number of carbonyl (C=O) groups excluding carboxylic acids is 3. The van der Waals surface area contributed by atoms with Crippen molar-refractivity contribution in [1.82, 2.24) is 0 Å². The summed E-state index contributed by atoms with van der Waals surface area (Å²) in [6.45, 7) is 20.5. The first kappa shape index (κ1) is 64.8. The van der Waals surface area contributed by atoms with Crippen LogP contribution in [0.25, 0.3) is 0 Å².